The van der Waals surface area contributed by atoms with Gasteiger partial charge in [-0.1, -0.05) is 6.07 Å². The summed E-state index contributed by atoms with van der Waals surface area (Å²) < 4.78 is 16.3. The Hall–Kier alpha value is -3.09. The van der Waals surface area contributed by atoms with Crippen LogP contribution in [0.25, 0.3) is 16.5 Å². The maximum absolute atomic E-state index is 12.9. The predicted molar refractivity (Wildman–Crippen MR) is 99.7 cm³/mol. The SMILES string of the molecule is COC(=O)c1cc2cc(C3=CCCO3)ccc2c(=O)n1C(=O)OC(C)(C)C. The average molecular weight is 371 g/mol. The van der Waals surface area contributed by atoms with Gasteiger partial charge in [-0.25, -0.2) is 14.2 Å². The molecule has 0 amide bonds. The largest absolute Gasteiger partial charge is 0.493 e. The molecule has 0 unspecified atom stereocenters. The standard InChI is InChI=1S/C20H21NO6/c1-20(2,3)27-19(24)21-15(18(23)25-4)11-13-10-12(16-6-5-9-26-16)7-8-14(13)17(21)22/h6-8,10-11H,5,9H2,1-4H3. The molecule has 2 heterocycles. The van der Waals surface area contributed by atoms with Gasteiger partial charge in [-0.15, -0.1) is 0 Å². The smallest absolute Gasteiger partial charge is 0.422 e. The molecule has 1 aliphatic heterocycles. The summed E-state index contributed by atoms with van der Waals surface area (Å²) >= 11 is 0. The van der Waals surface area contributed by atoms with Crippen LogP contribution in [0.1, 0.15) is 43.2 Å². The van der Waals surface area contributed by atoms with Gasteiger partial charge in [0, 0.05) is 17.4 Å². The van der Waals surface area contributed by atoms with E-state index in [2.05, 4.69) is 0 Å². The molecule has 3 rings (SSSR count). The molecule has 0 radical (unpaired) electrons. The first-order valence-electron chi connectivity index (χ1n) is 8.56. The fourth-order valence-corrected chi connectivity index (χ4v) is 2.83. The van der Waals surface area contributed by atoms with Crippen molar-refractivity contribution in [3.05, 3.63) is 52.0 Å². The second-order valence-electron chi connectivity index (χ2n) is 7.15. The van der Waals surface area contributed by atoms with E-state index in [1.54, 1.807) is 39.0 Å². The molecule has 1 aliphatic rings. The number of carbonyl (C=O) groups is 2. The van der Waals surface area contributed by atoms with Crippen LogP contribution >= 0.6 is 0 Å². The maximum atomic E-state index is 12.9. The Bertz CT molecular complexity index is 1010. The summed E-state index contributed by atoms with van der Waals surface area (Å²) in [5.41, 5.74) is -0.863. The quantitative estimate of drug-likeness (QED) is 0.753. The lowest BCUT2D eigenvalue weighted by Crippen LogP contribution is -2.36. The molecule has 0 saturated carbocycles. The number of nitrogens with zero attached hydrogens (tertiary/aromatic N) is 1. The number of aromatic nitrogens is 1. The number of esters is 1. The third-order valence-electron chi connectivity index (χ3n) is 3.98. The lowest BCUT2D eigenvalue weighted by atomic mass is 10.1. The summed E-state index contributed by atoms with van der Waals surface area (Å²) in [7, 11) is 1.18. The molecule has 0 fully saturated rings. The summed E-state index contributed by atoms with van der Waals surface area (Å²) in [4.78, 5) is 37.7. The van der Waals surface area contributed by atoms with Crippen LogP contribution in [0.4, 0.5) is 4.79 Å². The normalized spacial score (nSPS) is 13.9. The molecule has 1 aromatic carbocycles. The van der Waals surface area contributed by atoms with Crippen molar-refractivity contribution in [2.45, 2.75) is 32.8 Å². The fourth-order valence-electron chi connectivity index (χ4n) is 2.83. The van der Waals surface area contributed by atoms with Crippen molar-refractivity contribution in [3.8, 4) is 0 Å². The van der Waals surface area contributed by atoms with E-state index in [1.165, 1.54) is 13.2 Å². The van der Waals surface area contributed by atoms with Crippen molar-refractivity contribution in [1.82, 2.24) is 4.57 Å². The Morgan fingerprint density at radius 1 is 1.19 bits per heavy atom. The van der Waals surface area contributed by atoms with Crippen molar-refractivity contribution in [2.75, 3.05) is 13.7 Å². The molecule has 0 aliphatic carbocycles. The molecule has 0 spiro atoms. The van der Waals surface area contributed by atoms with Crippen molar-refractivity contribution >= 4 is 28.6 Å². The monoisotopic (exact) mass is 371 g/mol. The van der Waals surface area contributed by atoms with Gasteiger partial charge in [0.1, 0.15) is 17.1 Å². The average Bonchev–Trinajstić information content (AvgIpc) is 3.13. The first-order valence-corrected chi connectivity index (χ1v) is 8.56. The van der Waals surface area contributed by atoms with Crippen LogP contribution in [0.3, 0.4) is 0 Å². The number of hydrogen-bond donors (Lipinski definition) is 0. The predicted octanol–water partition coefficient (Wildman–Crippen LogP) is 3.33. The van der Waals surface area contributed by atoms with E-state index in [9.17, 15) is 14.4 Å². The van der Waals surface area contributed by atoms with E-state index < -0.39 is 23.2 Å². The molecule has 0 saturated heterocycles. The van der Waals surface area contributed by atoms with Crippen molar-refractivity contribution in [2.24, 2.45) is 0 Å². The van der Waals surface area contributed by atoms with Crippen LogP contribution in [-0.4, -0.2) is 35.9 Å². The van der Waals surface area contributed by atoms with E-state index in [-0.39, 0.29) is 11.1 Å². The van der Waals surface area contributed by atoms with Gasteiger partial charge < -0.3 is 14.2 Å². The molecule has 142 valence electrons. The van der Waals surface area contributed by atoms with E-state index in [1.807, 2.05) is 6.08 Å². The molecule has 1 aromatic heterocycles. The molecule has 7 nitrogen and oxygen atoms in total. The topological polar surface area (TPSA) is 83.8 Å². The Balaban J connectivity index is 2.21. The second-order valence-corrected chi connectivity index (χ2v) is 7.15. The van der Waals surface area contributed by atoms with Gasteiger partial charge in [0.05, 0.1) is 13.7 Å². The molecule has 27 heavy (non-hydrogen) atoms. The minimum Gasteiger partial charge on any atom is -0.493 e. The van der Waals surface area contributed by atoms with Gasteiger partial charge in [0.25, 0.3) is 5.56 Å². The highest BCUT2D eigenvalue weighted by atomic mass is 16.6. The Morgan fingerprint density at radius 2 is 1.93 bits per heavy atom. The van der Waals surface area contributed by atoms with Crippen molar-refractivity contribution in [1.29, 1.82) is 0 Å². The van der Waals surface area contributed by atoms with E-state index >= 15 is 0 Å². The molecule has 0 bridgehead atoms. The number of rotatable bonds is 2. The zero-order chi connectivity index (χ0) is 19.8. The molecular formula is C20H21NO6. The van der Waals surface area contributed by atoms with E-state index in [0.717, 1.165) is 17.7 Å². The van der Waals surface area contributed by atoms with Crippen LogP contribution in [0.2, 0.25) is 0 Å². The van der Waals surface area contributed by atoms with Crippen molar-refractivity contribution < 1.29 is 23.8 Å². The minimum absolute atomic E-state index is 0.192. The fraction of sp³-hybridized carbons (Fsp3) is 0.350. The lowest BCUT2D eigenvalue weighted by Gasteiger charge is -2.21. The number of carbonyl (C=O) groups excluding carboxylic acids is 2. The first-order chi connectivity index (χ1) is 12.7. The number of fused-ring (bicyclic) bond motifs is 1. The number of pyridine rings is 1. The number of hydrogen-bond acceptors (Lipinski definition) is 6. The molecule has 7 heteroatoms. The zero-order valence-electron chi connectivity index (χ0n) is 15.7. The van der Waals surface area contributed by atoms with Gasteiger partial charge >= 0.3 is 12.1 Å². The number of benzene rings is 1. The molecule has 0 atom stereocenters. The van der Waals surface area contributed by atoms with Crippen LogP contribution < -0.4 is 5.56 Å². The summed E-state index contributed by atoms with van der Waals surface area (Å²) in [5, 5.41) is 0.796. The summed E-state index contributed by atoms with van der Waals surface area (Å²) in [6.07, 6.45) is 1.85. The number of ether oxygens (including phenoxy) is 3. The minimum atomic E-state index is -0.930. The van der Waals surface area contributed by atoms with Gasteiger partial charge in [-0.3, -0.25) is 4.79 Å². The second kappa shape index (κ2) is 6.90. The number of methoxy groups -OCH3 is 1. The van der Waals surface area contributed by atoms with Crippen LogP contribution in [-0.2, 0) is 14.2 Å². The molecule has 2 aromatic rings. The van der Waals surface area contributed by atoms with E-state index in [0.29, 0.717) is 16.6 Å². The van der Waals surface area contributed by atoms with E-state index in [4.69, 9.17) is 14.2 Å². The third-order valence-corrected chi connectivity index (χ3v) is 3.98. The van der Waals surface area contributed by atoms with Gasteiger partial charge in [0.15, 0.2) is 0 Å². The van der Waals surface area contributed by atoms with Crippen LogP contribution in [0.5, 0.6) is 0 Å². The Morgan fingerprint density at radius 3 is 2.52 bits per heavy atom. The molecule has 0 N–H and O–H groups in total. The maximum Gasteiger partial charge on any atom is 0.422 e. The van der Waals surface area contributed by atoms with Crippen LogP contribution in [0, 0.1) is 0 Å². The summed E-state index contributed by atoms with van der Waals surface area (Å²) in [6.45, 7) is 5.64. The summed E-state index contributed by atoms with van der Waals surface area (Å²) in [5.74, 6) is -0.0746. The Labute approximate surface area is 156 Å². The summed E-state index contributed by atoms with van der Waals surface area (Å²) in [6, 6.07) is 6.56. The third kappa shape index (κ3) is 3.72. The Kier molecular flexibility index (Phi) is 4.78. The van der Waals surface area contributed by atoms with Gasteiger partial charge in [-0.05, 0) is 50.4 Å². The van der Waals surface area contributed by atoms with Gasteiger partial charge in [0.2, 0.25) is 0 Å². The highest BCUT2D eigenvalue weighted by Crippen LogP contribution is 2.25. The highest BCUT2D eigenvalue weighted by molar-refractivity contribution is 5.97. The first kappa shape index (κ1) is 18.7. The van der Waals surface area contributed by atoms with Crippen LogP contribution in [0.15, 0.2) is 35.1 Å². The lowest BCUT2D eigenvalue weighted by molar-refractivity contribution is 0.0476. The zero-order valence-corrected chi connectivity index (χ0v) is 15.7. The van der Waals surface area contributed by atoms with Crippen molar-refractivity contribution in [3.63, 3.8) is 0 Å². The molecular weight excluding hydrogens is 350 g/mol. The van der Waals surface area contributed by atoms with Gasteiger partial charge in [-0.2, -0.15) is 0 Å². The highest BCUT2D eigenvalue weighted by Gasteiger charge is 2.26.